The van der Waals surface area contributed by atoms with Gasteiger partial charge >= 0.3 is 5.97 Å². The second kappa shape index (κ2) is 8.05. The van der Waals surface area contributed by atoms with Gasteiger partial charge in [0.05, 0.1) is 6.61 Å². The minimum atomic E-state index is -0.953. The number of rotatable bonds is 7. The highest BCUT2D eigenvalue weighted by Crippen LogP contribution is 1.98. The van der Waals surface area contributed by atoms with E-state index in [9.17, 15) is 14.4 Å². The maximum atomic E-state index is 11.7. The third-order valence-electron chi connectivity index (χ3n) is 2.59. The Morgan fingerprint density at radius 1 is 1.43 bits per heavy atom. The van der Waals surface area contributed by atoms with Crippen LogP contribution in [-0.2, 0) is 25.6 Å². The lowest BCUT2D eigenvalue weighted by atomic mass is 10.3. The topological polar surface area (TPSA) is 113 Å². The number of aromatic nitrogens is 1. The van der Waals surface area contributed by atoms with Gasteiger partial charge in [0.2, 0.25) is 0 Å². The number of nitrogens with zero attached hydrogens (tertiary/aromatic N) is 1. The molecule has 8 nitrogen and oxygen atoms in total. The first-order valence-corrected chi connectivity index (χ1v) is 6.36. The zero-order valence-electron chi connectivity index (χ0n) is 12.0. The average Bonchev–Trinajstić information content (AvgIpc) is 2.42. The van der Waals surface area contributed by atoms with E-state index in [4.69, 9.17) is 15.2 Å². The lowest BCUT2D eigenvalue weighted by molar-refractivity contribution is -0.155. The second-order valence-electron chi connectivity index (χ2n) is 4.34. The highest BCUT2D eigenvalue weighted by molar-refractivity contribution is 5.83. The molecule has 21 heavy (non-hydrogen) atoms. The van der Waals surface area contributed by atoms with E-state index in [1.807, 2.05) is 0 Å². The van der Waals surface area contributed by atoms with Gasteiger partial charge in [-0.25, -0.2) is 0 Å². The van der Waals surface area contributed by atoms with E-state index in [1.165, 1.54) is 32.4 Å². The third-order valence-corrected chi connectivity index (χ3v) is 2.59. The van der Waals surface area contributed by atoms with Gasteiger partial charge in [0, 0.05) is 31.6 Å². The van der Waals surface area contributed by atoms with Crippen LogP contribution in [0.3, 0.4) is 0 Å². The van der Waals surface area contributed by atoms with Crippen LogP contribution in [0.4, 0.5) is 5.69 Å². The summed E-state index contributed by atoms with van der Waals surface area (Å²) in [5.41, 5.74) is 5.51. The van der Waals surface area contributed by atoms with Crippen LogP contribution in [0.1, 0.15) is 6.92 Å². The quantitative estimate of drug-likeness (QED) is 0.499. The van der Waals surface area contributed by atoms with Gasteiger partial charge in [-0.15, -0.1) is 0 Å². The van der Waals surface area contributed by atoms with Crippen molar-refractivity contribution in [2.24, 2.45) is 0 Å². The lowest BCUT2D eigenvalue weighted by Gasteiger charge is -2.14. The van der Waals surface area contributed by atoms with E-state index < -0.39 is 18.0 Å². The maximum Gasteiger partial charge on any atom is 0.326 e. The average molecular weight is 297 g/mol. The largest absolute Gasteiger partial charge is 0.451 e. The highest BCUT2D eigenvalue weighted by Gasteiger charge is 2.17. The van der Waals surface area contributed by atoms with Crippen molar-refractivity contribution in [2.75, 3.05) is 26.0 Å². The zero-order chi connectivity index (χ0) is 15.8. The predicted molar refractivity (Wildman–Crippen MR) is 75.6 cm³/mol. The van der Waals surface area contributed by atoms with E-state index in [0.717, 1.165) is 4.57 Å². The van der Waals surface area contributed by atoms with Crippen molar-refractivity contribution in [1.29, 1.82) is 0 Å². The third kappa shape index (κ3) is 5.65. The number of ether oxygens (including phenoxy) is 2. The first-order chi connectivity index (χ1) is 9.93. The van der Waals surface area contributed by atoms with E-state index in [-0.39, 0.29) is 12.1 Å². The van der Waals surface area contributed by atoms with E-state index in [1.54, 1.807) is 0 Å². The van der Waals surface area contributed by atoms with E-state index >= 15 is 0 Å². The number of carbonyl (C=O) groups excluding carboxylic acids is 2. The molecule has 1 atom stereocenters. The molecule has 0 aliphatic carbocycles. The molecule has 0 aromatic carbocycles. The van der Waals surface area contributed by atoms with Crippen molar-refractivity contribution in [2.45, 2.75) is 19.6 Å². The van der Waals surface area contributed by atoms with Gasteiger partial charge in [0.15, 0.2) is 6.10 Å². The number of nitrogens with two attached hydrogens (primary N) is 1. The fourth-order valence-electron chi connectivity index (χ4n) is 1.52. The van der Waals surface area contributed by atoms with Crippen molar-refractivity contribution in [1.82, 2.24) is 9.88 Å². The highest BCUT2D eigenvalue weighted by atomic mass is 16.5. The van der Waals surface area contributed by atoms with Gasteiger partial charge in [-0.1, -0.05) is 0 Å². The molecular weight excluding hydrogens is 278 g/mol. The van der Waals surface area contributed by atoms with Crippen LogP contribution in [0.2, 0.25) is 0 Å². The van der Waals surface area contributed by atoms with Crippen molar-refractivity contribution in [3.05, 3.63) is 28.7 Å². The normalized spacial score (nSPS) is 11.7. The maximum absolute atomic E-state index is 11.7. The molecule has 116 valence electrons. The second-order valence-corrected chi connectivity index (χ2v) is 4.34. The monoisotopic (exact) mass is 297 g/mol. The van der Waals surface area contributed by atoms with Crippen LogP contribution in [-0.4, -0.2) is 42.8 Å². The Kier molecular flexibility index (Phi) is 6.41. The molecule has 0 spiro atoms. The van der Waals surface area contributed by atoms with Crippen molar-refractivity contribution >= 4 is 17.6 Å². The number of hydrogen-bond donors (Lipinski definition) is 2. The molecule has 0 saturated heterocycles. The Hall–Kier alpha value is -2.35. The Morgan fingerprint density at radius 3 is 2.81 bits per heavy atom. The molecular formula is C13H19N3O5. The zero-order valence-corrected chi connectivity index (χ0v) is 12.0. The van der Waals surface area contributed by atoms with Gasteiger partial charge in [0.25, 0.3) is 11.5 Å². The molecule has 0 aliphatic heterocycles. The fourth-order valence-corrected chi connectivity index (χ4v) is 1.52. The molecule has 0 bridgehead atoms. The molecule has 0 saturated carbocycles. The lowest BCUT2D eigenvalue weighted by Crippen LogP contribution is -2.38. The molecule has 1 unspecified atom stereocenters. The summed E-state index contributed by atoms with van der Waals surface area (Å²) in [6, 6.07) is 2.69. The molecule has 0 fully saturated rings. The Balaban J connectivity index is 2.51. The molecule has 1 aromatic rings. The summed E-state index contributed by atoms with van der Waals surface area (Å²) in [5, 5.41) is 2.54. The Morgan fingerprint density at radius 2 is 2.14 bits per heavy atom. The molecule has 1 heterocycles. The van der Waals surface area contributed by atoms with Crippen molar-refractivity contribution in [3.8, 4) is 0 Å². The van der Waals surface area contributed by atoms with Gasteiger partial charge in [-0.3, -0.25) is 14.4 Å². The number of nitrogen functional groups attached to an aromatic ring is 1. The summed E-state index contributed by atoms with van der Waals surface area (Å²) in [7, 11) is 1.51. The van der Waals surface area contributed by atoms with Crippen molar-refractivity contribution in [3.63, 3.8) is 0 Å². The van der Waals surface area contributed by atoms with Crippen molar-refractivity contribution < 1.29 is 19.1 Å². The SMILES string of the molecule is COCCNC(=O)C(C)OC(=O)Cn1cc(N)ccc1=O. The number of hydrogen-bond acceptors (Lipinski definition) is 6. The minimum Gasteiger partial charge on any atom is -0.451 e. The van der Waals surface area contributed by atoms with Crippen LogP contribution < -0.4 is 16.6 Å². The summed E-state index contributed by atoms with van der Waals surface area (Å²) >= 11 is 0. The first kappa shape index (κ1) is 16.7. The van der Waals surface area contributed by atoms with Crippen LogP contribution in [0.15, 0.2) is 23.1 Å². The summed E-state index contributed by atoms with van der Waals surface area (Å²) in [4.78, 5) is 34.8. The molecule has 0 radical (unpaired) electrons. The molecule has 8 heteroatoms. The molecule has 1 rings (SSSR count). The standard InChI is InChI=1S/C13H19N3O5/c1-9(13(19)15-5-6-20-2)21-12(18)8-16-7-10(14)3-4-11(16)17/h3-4,7,9H,5-6,8,14H2,1-2H3,(H,15,19). The first-order valence-electron chi connectivity index (χ1n) is 6.36. The number of pyridine rings is 1. The van der Waals surface area contributed by atoms with Crippen LogP contribution >= 0.6 is 0 Å². The Bertz CT molecular complexity index is 555. The number of anilines is 1. The number of amides is 1. The van der Waals surface area contributed by atoms with Crippen LogP contribution in [0.5, 0.6) is 0 Å². The van der Waals surface area contributed by atoms with Gasteiger partial charge in [-0.05, 0) is 13.0 Å². The summed E-state index contributed by atoms with van der Waals surface area (Å²) in [6.45, 7) is 1.83. The molecule has 0 aliphatic rings. The van der Waals surface area contributed by atoms with Gasteiger partial charge < -0.3 is 25.1 Å². The molecule has 1 aromatic heterocycles. The summed E-state index contributed by atoms with van der Waals surface area (Å²) in [5.74, 6) is -1.13. The van der Waals surface area contributed by atoms with E-state index in [0.29, 0.717) is 18.8 Å². The Labute approximate surface area is 121 Å². The minimum absolute atomic E-state index is 0.306. The number of methoxy groups -OCH3 is 1. The number of nitrogens with one attached hydrogen (secondary N) is 1. The van der Waals surface area contributed by atoms with Gasteiger partial charge in [0.1, 0.15) is 6.54 Å². The van der Waals surface area contributed by atoms with Crippen LogP contribution in [0, 0.1) is 0 Å². The number of esters is 1. The fraction of sp³-hybridized carbons (Fsp3) is 0.462. The predicted octanol–water partition coefficient (Wildman–Crippen LogP) is -0.875. The summed E-state index contributed by atoms with van der Waals surface area (Å²) < 4.78 is 10.9. The molecule has 3 N–H and O–H groups in total. The summed E-state index contributed by atoms with van der Waals surface area (Å²) in [6.07, 6.45) is 0.388. The van der Waals surface area contributed by atoms with E-state index in [2.05, 4.69) is 5.32 Å². The van der Waals surface area contributed by atoms with Gasteiger partial charge in [-0.2, -0.15) is 0 Å². The van der Waals surface area contributed by atoms with Crippen LogP contribution in [0.25, 0.3) is 0 Å². The number of carbonyl (C=O) groups is 2. The molecule has 1 amide bonds. The smallest absolute Gasteiger partial charge is 0.326 e.